The molecule has 2 heterocycles. The highest BCUT2D eigenvalue weighted by molar-refractivity contribution is 5.72. The van der Waals surface area contributed by atoms with Crippen molar-refractivity contribution in [2.24, 2.45) is 0 Å². The molecule has 0 spiro atoms. The molecular weight excluding hydrogens is 312 g/mol. The first-order valence-electron chi connectivity index (χ1n) is 8.78. The zero-order chi connectivity index (χ0) is 17.2. The minimum Gasteiger partial charge on any atom is -0.408 e. The van der Waals surface area contributed by atoms with Crippen molar-refractivity contribution in [1.82, 2.24) is 9.47 Å². The molecule has 2 aromatic carbocycles. The molecule has 0 bridgehead atoms. The summed E-state index contributed by atoms with van der Waals surface area (Å²) in [5.74, 6) is -0.247. The van der Waals surface area contributed by atoms with Crippen LogP contribution in [0, 0.1) is 0 Å². The smallest absolute Gasteiger partial charge is 0.408 e. The van der Waals surface area contributed by atoms with Gasteiger partial charge >= 0.3 is 5.76 Å². The average Bonchev–Trinajstić information content (AvgIpc) is 2.98. The zero-order valence-corrected chi connectivity index (χ0v) is 14.2. The Hall–Kier alpha value is -2.59. The molecule has 0 radical (unpaired) electrons. The maximum Gasteiger partial charge on any atom is 0.420 e. The van der Waals surface area contributed by atoms with Gasteiger partial charge < -0.3 is 4.42 Å². The zero-order valence-electron chi connectivity index (χ0n) is 14.2. The van der Waals surface area contributed by atoms with Gasteiger partial charge in [0.05, 0.1) is 11.6 Å². The Bertz CT molecular complexity index is 936. The van der Waals surface area contributed by atoms with Crippen LogP contribution in [0.3, 0.4) is 0 Å². The monoisotopic (exact) mass is 334 g/mol. The fourth-order valence-electron chi connectivity index (χ4n) is 3.73. The molecule has 128 valence electrons. The van der Waals surface area contributed by atoms with Gasteiger partial charge in [0, 0.05) is 13.1 Å². The van der Waals surface area contributed by atoms with E-state index in [2.05, 4.69) is 35.7 Å². The first kappa shape index (κ1) is 15.9. The first-order chi connectivity index (χ1) is 12.2. The maximum absolute atomic E-state index is 12.3. The fourth-order valence-corrected chi connectivity index (χ4v) is 3.73. The Kier molecular flexibility index (Phi) is 4.28. The van der Waals surface area contributed by atoms with Crippen LogP contribution in [0.2, 0.25) is 0 Å². The summed E-state index contributed by atoms with van der Waals surface area (Å²) < 4.78 is 7.25. The van der Waals surface area contributed by atoms with Gasteiger partial charge in [0.2, 0.25) is 0 Å². The van der Waals surface area contributed by atoms with Crippen molar-refractivity contribution in [3.63, 3.8) is 0 Å². The predicted octanol–water partition coefficient (Wildman–Crippen LogP) is 4.07. The molecule has 0 saturated carbocycles. The van der Waals surface area contributed by atoms with E-state index in [0.717, 1.165) is 43.6 Å². The second kappa shape index (κ2) is 6.73. The van der Waals surface area contributed by atoms with Crippen molar-refractivity contribution >= 4 is 17.2 Å². The molecule has 4 heteroatoms. The van der Waals surface area contributed by atoms with Crippen LogP contribution in [0.4, 0.5) is 0 Å². The molecule has 1 fully saturated rings. The van der Waals surface area contributed by atoms with Gasteiger partial charge in [-0.25, -0.2) is 4.79 Å². The third kappa shape index (κ3) is 3.17. The van der Waals surface area contributed by atoms with E-state index in [-0.39, 0.29) is 11.8 Å². The van der Waals surface area contributed by atoms with Crippen LogP contribution in [0.15, 0.2) is 64.3 Å². The van der Waals surface area contributed by atoms with Gasteiger partial charge in [-0.15, -0.1) is 0 Å². The van der Waals surface area contributed by atoms with Gasteiger partial charge in [0.25, 0.3) is 0 Å². The average molecular weight is 334 g/mol. The summed E-state index contributed by atoms with van der Waals surface area (Å²) in [6, 6.07) is 16.3. The molecule has 0 N–H and O–H groups in total. The van der Waals surface area contributed by atoms with E-state index in [1.165, 1.54) is 5.56 Å². The molecule has 25 heavy (non-hydrogen) atoms. The summed E-state index contributed by atoms with van der Waals surface area (Å²) in [6.45, 7) is 6.62. The van der Waals surface area contributed by atoms with Crippen molar-refractivity contribution in [3.8, 4) is 0 Å². The number of benzene rings is 2. The SMILES string of the molecule is C=Cc1ccc(CN2CCC[C@H](n3c(=O)oc4ccccc43)C2)cc1. The van der Waals surface area contributed by atoms with E-state index in [4.69, 9.17) is 4.42 Å². The molecule has 1 aromatic heterocycles. The normalized spacial score (nSPS) is 18.5. The molecule has 1 atom stereocenters. The Morgan fingerprint density at radius 1 is 1.16 bits per heavy atom. The number of hydrogen-bond donors (Lipinski definition) is 0. The summed E-state index contributed by atoms with van der Waals surface area (Å²) >= 11 is 0. The van der Waals surface area contributed by atoms with Gasteiger partial charge in [-0.2, -0.15) is 0 Å². The van der Waals surface area contributed by atoms with E-state index in [9.17, 15) is 4.79 Å². The number of likely N-dealkylation sites (tertiary alicyclic amines) is 1. The second-order valence-corrected chi connectivity index (χ2v) is 6.68. The van der Waals surface area contributed by atoms with E-state index in [1.807, 2.05) is 34.9 Å². The lowest BCUT2D eigenvalue weighted by Crippen LogP contribution is -2.38. The van der Waals surface area contributed by atoms with Crippen LogP contribution in [0.1, 0.15) is 30.0 Å². The van der Waals surface area contributed by atoms with Crippen LogP contribution in [-0.2, 0) is 6.54 Å². The highest BCUT2D eigenvalue weighted by Crippen LogP contribution is 2.25. The predicted molar refractivity (Wildman–Crippen MR) is 101 cm³/mol. The second-order valence-electron chi connectivity index (χ2n) is 6.68. The Morgan fingerprint density at radius 3 is 2.76 bits per heavy atom. The van der Waals surface area contributed by atoms with Crippen LogP contribution >= 0.6 is 0 Å². The van der Waals surface area contributed by atoms with Gasteiger partial charge in [0.15, 0.2) is 5.58 Å². The lowest BCUT2D eigenvalue weighted by atomic mass is 10.0. The first-order valence-corrected chi connectivity index (χ1v) is 8.78. The standard InChI is InChI=1S/C21H22N2O2/c1-2-16-9-11-17(12-10-16)14-22-13-5-6-18(15-22)23-19-7-3-4-8-20(19)25-21(23)24/h2-4,7-12,18H,1,5-6,13-15H2/t18-/m0/s1. The summed E-state index contributed by atoms with van der Waals surface area (Å²) in [4.78, 5) is 14.8. The molecule has 4 rings (SSSR count). The number of para-hydroxylation sites is 2. The number of fused-ring (bicyclic) bond motifs is 1. The van der Waals surface area contributed by atoms with E-state index < -0.39 is 0 Å². The van der Waals surface area contributed by atoms with Crippen LogP contribution in [0.25, 0.3) is 17.2 Å². The van der Waals surface area contributed by atoms with E-state index >= 15 is 0 Å². The minimum atomic E-state index is -0.247. The topological polar surface area (TPSA) is 38.4 Å². The van der Waals surface area contributed by atoms with Crippen molar-refractivity contribution in [1.29, 1.82) is 0 Å². The van der Waals surface area contributed by atoms with Gasteiger partial charge in [-0.05, 0) is 42.6 Å². The summed E-state index contributed by atoms with van der Waals surface area (Å²) in [6.07, 6.45) is 3.95. The molecular formula is C21H22N2O2. The Balaban J connectivity index is 1.55. The highest BCUT2D eigenvalue weighted by Gasteiger charge is 2.25. The molecule has 0 unspecified atom stereocenters. The molecule has 1 aliphatic rings. The Labute approximate surface area is 147 Å². The lowest BCUT2D eigenvalue weighted by molar-refractivity contribution is 0.168. The number of nitrogens with zero attached hydrogens (tertiary/aromatic N) is 2. The molecule has 3 aromatic rings. The Morgan fingerprint density at radius 2 is 1.96 bits per heavy atom. The minimum absolute atomic E-state index is 0.164. The molecule has 4 nitrogen and oxygen atoms in total. The largest absolute Gasteiger partial charge is 0.420 e. The third-order valence-corrected chi connectivity index (χ3v) is 4.99. The molecule has 1 aliphatic heterocycles. The molecule has 0 amide bonds. The number of aromatic nitrogens is 1. The van der Waals surface area contributed by atoms with Gasteiger partial charge in [0.1, 0.15) is 0 Å². The number of piperidine rings is 1. The molecule has 0 aliphatic carbocycles. The lowest BCUT2D eigenvalue weighted by Gasteiger charge is -2.33. The van der Waals surface area contributed by atoms with Crippen LogP contribution in [-0.4, -0.2) is 22.6 Å². The van der Waals surface area contributed by atoms with Gasteiger partial charge in [-0.1, -0.05) is 49.1 Å². The van der Waals surface area contributed by atoms with Crippen LogP contribution in [0.5, 0.6) is 0 Å². The third-order valence-electron chi connectivity index (χ3n) is 4.99. The van der Waals surface area contributed by atoms with Crippen molar-refractivity contribution in [3.05, 3.63) is 76.8 Å². The van der Waals surface area contributed by atoms with E-state index in [1.54, 1.807) is 0 Å². The fraction of sp³-hybridized carbons (Fsp3) is 0.286. The quantitative estimate of drug-likeness (QED) is 0.722. The summed E-state index contributed by atoms with van der Waals surface area (Å²) in [5, 5.41) is 0. The summed E-state index contributed by atoms with van der Waals surface area (Å²) in [7, 11) is 0. The van der Waals surface area contributed by atoms with Crippen molar-refractivity contribution in [2.75, 3.05) is 13.1 Å². The summed E-state index contributed by atoms with van der Waals surface area (Å²) in [5.41, 5.74) is 3.99. The van der Waals surface area contributed by atoms with Gasteiger partial charge in [-0.3, -0.25) is 9.47 Å². The van der Waals surface area contributed by atoms with Crippen LogP contribution < -0.4 is 5.76 Å². The van der Waals surface area contributed by atoms with Crippen molar-refractivity contribution in [2.45, 2.75) is 25.4 Å². The maximum atomic E-state index is 12.3. The molecule has 1 saturated heterocycles. The van der Waals surface area contributed by atoms with E-state index in [0.29, 0.717) is 5.58 Å². The van der Waals surface area contributed by atoms with Crippen molar-refractivity contribution < 1.29 is 4.42 Å². The number of hydrogen-bond acceptors (Lipinski definition) is 3. The number of rotatable bonds is 4. The highest BCUT2D eigenvalue weighted by atomic mass is 16.4. The number of oxazole rings is 1.